The second-order valence-corrected chi connectivity index (χ2v) is 13.6. The van der Waals surface area contributed by atoms with Gasteiger partial charge in [0.2, 0.25) is 5.91 Å². The zero-order valence-corrected chi connectivity index (χ0v) is 29.2. The smallest absolute Gasteiger partial charge is 0.334 e. The molecular formula is C39H43F2N5O2S. The van der Waals surface area contributed by atoms with E-state index in [1.54, 1.807) is 4.90 Å². The minimum absolute atomic E-state index is 0.166. The number of urea groups is 1. The van der Waals surface area contributed by atoms with Gasteiger partial charge in [0.15, 0.2) is 0 Å². The van der Waals surface area contributed by atoms with Gasteiger partial charge in [-0.05, 0) is 80.3 Å². The first-order valence-corrected chi connectivity index (χ1v) is 17.8. The predicted molar refractivity (Wildman–Crippen MR) is 196 cm³/mol. The summed E-state index contributed by atoms with van der Waals surface area (Å²) in [5, 5.41) is 3.81. The molecule has 6 rings (SSSR count). The number of amides is 3. The van der Waals surface area contributed by atoms with Crippen molar-refractivity contribution in [2.24, 2.45) is 0 Å². The molecular weight excluding hydrogens is 641 g/mol. The van der Waals surface area contributed by atoms with Crippen LogP contribution in [0.2, 0.25) is 0 Å². The predicted octanol–water partition coefficient (Wildman–Crippen LogP) is 8.97. The Kier molecular flexibility index (Phi) is 10.7. The lowest BCUT2D eigenvalue weighted by atomic mass is 9.98. The zero-order valence-electron chi connectivity index (χ0n) is 28.3. The van der Waals surface area contributed by atoms with E-state index in [0.717, 1.165) is 58.9 Å². The van der Waals surface area contributed by atoms with E-state index in [9.17, 15) is 9.59 Å². The van der Waals surface area contributed by atoms with Crippen molar-refractivity contribution >= 4 is 45.3 Å². The Hall–Kier alpha value is -4.54. The molecule has 3 aromatic carbocycles. The molecule has 49 heavy (non-hydrogen) atoms. The highest BCUT2D eigenvalue weighted by molar-refractivity contribution is 7.20. The topological polar surface area (TPSA) is 59.1 Å². The average molecular weight is 684 g/mol. The number of hydrogen-bond donors (Lipinski definition) is 1. The van der Waals surface area contributed by atoms with Gasteiger partial charge in [0.05, 0.1) is 17.9 Å². The van der Waals surface area contributed by atoms with Crippen LogP contribution in [0, 0.1) is 11.6 Å². The van der Waals surface area contributed by atoms with Crippen molar-refractivity contribution in [3.8, 4) is 10.4 Å². The number of likely N-dealkylation sites (tertiary alicyclic amines) is 1. The number of thiophene rings is 1. The molecule has 1 aromatic heterocycles. The molecule has 7 nitrogen and oxygen atoms in total. The largest absolute Gasteiger partial charge is 0.388 e. The van der Waals surface area contributed by atoms with E-state index in [-0.39, 0.29) is 24.0 Å². The van der Waals surface area contributed by atoms with Crippen molar-refractivity contribution in [2.75, 3.05) is 48.8 Å². The van der Waals surface area contributed by atoms with E-state index in [1.165, 1.54) is 40.9 Å². The van der Waals surface area contributed by atoms with Crippen LogP contribution in [0.25, 0.3) is 16.1 Å². The van der Waals surface area contributed by atoms with Crippen LogP contribution in [0.1, 0.15) is 55.7 Å². The van der Waals surface area contributed by atoms with E-state index in [1.807, 2.05) is 80.5 Å². The van der Waals surface area contributed by atoms with Gasteiger partial charge in [-0.25, -0.2) is 13.6 Å². The second-order valence-electron chi connectivity index (χ2n) is 12.6. The molecule has 1 saturated heterocycles. The minimum Gasteiger partial charge on any atom is -0.388 e. The normalized spacial score (nSPS) is 15.7. The van der Waals surface area contributed by atoms with Gasteiger partial charge >= 0.3 is 6.03 Å². The number of fused-ring (bicyclic) bond motifs is 1. The summed E-state index contributed by atoms with van der Waals surface area (Å²) >= 11 is 1.46. The molecule has 0 saturated carbocycles. The molecule has 0 bridgehead atoms. The maximum absolute atomic E-state index is 15.2. The third-order valence-electron chi connectivity index (χ3n) is 9.22. The van der Waals surface area contributed by atoms with Crippen molar-refractivity contribution in [1.82, 2.24) is 9.80 Å². The van der Waals surface area contributed by atoms with Gasteiger partial charge in [0.1, 0.15) is 16.6 Å². The summed E-state index contributed by atoms with van der Waals surface area (Å²) in [5.41, 5.74) is 5.02. The van der Waals surface area contributed by atoms with Crippen LogP contribution in [0.4, 0.5) is 30.0 Å². The number of anilines is 3. The Balaban J connectivity index is 1.49. The Morgan fingerprint density at radius 1 is 0.939 bits per heavy atom. The first kappa shape index (κ1) is 34.3. The number of hydrogen-bond acceptors (Lipinski definition) is 5. The van der Waals surface area contributed by atoms with Gasteiger partial charge in [-0.2, -0.15) is 0 Å². The number of allylic oxidation sites excluding steroid dienone is 1. The van der Waals surface area contributed by atoms with Crippen molar-refractivity contribution in [3.63, 3.8) is 0 Å². The fourth-order valence-corrected chi connectivity index (χ4v) is 7.95. The van der Waals surface area contributed by atoms with Crippen LogP contribution in [-0.2, 0) is 17.9 Å². The van der Waals surface area contributed by atoms with Crippen LogP contribution in [-0.4, -0.2) is 55.5 Å². The SMILES string of the molecule is CC/C=C1\c2c(sc(-c3ccc(NC)cc3)c2CN(C)CCC(=O)N2CCCCC2)N(Cc2c(F)cccc2F)C(=O)N1c1ccccc1. The number of rotatable bonds is 11. The first-order valence-electron chi connectivity index (χ1n) is 17.0. The maximum atomic E-state index is 15.2. The van der Waals surface area contributed by atoms with Crippen molar-refractivity contribution in [3.05, 3.63) is 107 Å². The standard InChI is InChI=1S/C39H43F2N5O2S/c1-4-12-34-36-31(25-43(3)24-21-35(47)44-22-9-6-10-23-44)37(27-17-19-28(42-2)20-18-27)49-38(36)45(26-30-32(40)15-11-16-33(30)41)39(48)46(34)29-13-7-5-8-14-29/h5,7-8,11-20,42H,4,6,9-10,21-26H2,1-3H3/b34-12+. The van der Waals surface area contributed by atoms with Crippen LogP contribution >= 0.6 is 11.3 Å². The summed E-state index contributed by atoms with van der Waals surface area (Å²) in [5.74, 6) is -1.23. The molecule has 10 heteroatoms. The molecule has 3 amide bonds. The fourth-order valence-electron chi connectivity index (χ4n) is 6.63. The Bertz CT molecular complexity index is 1800. The molecule has 0 atom stereocenters. The average Bonchev–Trinajstić information content (AvgIpc) is 3.49. The van der Waals surface area contributed by atoms with Gasteiger partial charge < -0.3 is 15.1 Å². The number of piperidine rings is 1. The number of benzene rings is 3. The summed E-state index contributed by atoms with van der Waals surface area (Å²) in [6.07, 6.45) is 6.40. The van der Waals surface area contributed by atoms with Crippen LogP contribution in [0.5, 0.6) is 0 Å². The fraction of sp³-hybridized carbons (Fsp3) is 0.333. The molecule has 0 spiro atoms. The van der Waals surface area contributed by atoms with E-state index in [2.05, 4.69) is 16.3 Å². The monoisotopic (exact) mass is 683 g/mol. The van der Waals surface area contributed by atoms with E-state index < -0.39 is 11.6 Å². The highest BCUT2D eigenvalue weighted by Gasteiger charge is 2.40. The van der Waals surface area contributed by atoms with E-state index in [4.69, 9.17) is 0 Å². The number of nitrogens with zero attached hydrogens (tertiary/aromatic N) is 4. The summed E-state index contributed by atoms with van der Waals surface area (Å²) in [7, 11) is 3.88. The van der Waals surface area contributed by atoms with E-state index >= 15 is 8.78 Å². The van der Waals surface area contributed by atoms with Crippen LogP contribution in [0.15, 0.2) is 78.9 Å². The Morgan fingerprint density at radius 2 is 1.63 bits per heavy atom. The lowest BCUT2D eigenvalue weighted by Gasteiger charge is -2.38. The van der Waals surface area contributed by atoms with Crippen LogP contribution in [0.3, 0.4) is 0 Å². The Labute approximate surface area is 291 Å². The quantitative estimate of drug-likeness (QED) is 0.172. The van der Waals surface area contributed by atoms with Crippen LogP contribution < -0.4 is 15.1 Å². The first-order chi connectivity index (χ1) is 23.8. The molecule has 1 fully saturated rings. The van der Waals surface area contributed by atoms with Crippen molar-refractivity contribution in [2.45, 2.75) is 52.1 Å². The molecule has 2 aliphatic heterocycles. The molecule has 4 aromatic rings. The maximum Gasteiger partial charge on any atom is 0.334 e. The lowest BCUT2D eigenvalue weighted by molar-refractivity contribution is -0.132. The molecule has 256 valence electrons. The third-order valence-corrected chi connectivity index (χ3v) is 10.5. The molecule has 0 aliphatic carbocycles. The van der Waals surface area contributed by atoms with Gasteiger partial charge in [0, 0.05) is 61.3 Å². The molecule has 0 unspecified atom stereocenters. The molecule has 3 heterocycles. The van der Waals surface area contributed by atoms with Gasteiger partial charge in [-0.3, -0.25) is 14.6 Å². The molecule has 1 N–H and O–H groups in total. The molecule has 0 radical (unpaired) electrons. The summed E-state index contributed by atoms with van der Waals surface area (Å²) in [6, 6.07) is 20.9. The number of para-hydroxylation sites is 1. The van der Waals surface area contributed by atoms with Crippen molar-refractivity contribution < 1.29 is 18.4 Å². The summed E-state index contributed by atoms with van der Waals surface area (Å²) < 4.78 is 30.3. The zero-order chi connectivity index (χ0) is 34.5. The lowest BCUT2D eigenvalue weighted by Crippen LogP contribution is -2.46. The summed E-state index contributed by atoms with van der Waals surface area (Å²) in [6.45, 7) is 4.47. The minimum atomic E-state index is -0.701. The Morgan fingerprint density at radius 3 is 2.29 bits per heavy atom. The number of nitrogens with one attached hydrogen (secondary N) is 1. The number of carbonyl (C=O) groups excluding carboxylic acids is 2. The highest BCUT2D eigenvalue weighted by atomic mass is 32.1. The van der Waals surface area contributed by atoms with Gasteiger partial charge in [-0.15, -0.1) is 11.3 Å². The molecule has 2 aliphatic rings. The number of carbonyl (C=O) groups is 2. The third kappa shape index (κ3) is 7.26. The van der Waals surface area contributed by atoms with E-state index in [0.29, 0.717) is 36.6 Å². The second kappa shape index (κ2) is 15.3. The van der Waals surface area contributed by atoms with Gasteiger partial charge in [-0.1, -0.05) is 49.4 Å². The van der Waals surface area contributed by atoms with Gasteiger partial charge in [0.25, 0.3) is 0 Å². The summed E-state index contributed by atoms with van der Waals surface area (Å²) in [4.78, 5) is 36.0. The number of halogens is 2. The van der Waals surface area contributed by atoms with Crippen molar-refractivity contribution in [1.29, 1.82) is 0 Å². The highest BCUT2D eigenvalue weighted by Crippen LogP contribution is 2.51.